The van der Waals surface area contributed by atoms with Crippen LogP contribution in [-0.4, -0.2) is 4.57 Å². The van der Waals surface area contributed by atoms with Crippen molar-refractivity contribution in [3.63, 3.8) is 0 Å². The lowest BCUT2D eigenvalue weighted by Gasteiger charge is -2.26. The van der Waals surface area contributed by atoms with Crippen LogP contribution < -0.4 is 9.80 Å². The zero-order chi connectivity index (χ0) is 87.6. The summed E-state index contributed by atoms with van der Waals surface area (Å²) in [5, 5.41) is 18.4. The van der Waals surface area contributed by atoms with Crippen LogP contribution in [0.25, 0.3) is 170 Å². The average Bonchev–Trinajstić information content (AvgIpc) is 1.50. The fraction of sp³-hybridized carbons (Fsp3) is 0.0551. The fourth-order valence-electron chi connectivity index (χ4n) is 21.6. The van der Waals surface area contributed by atoms with Crippen molar-refractivity contribution in [3.8, 4) is 83.6 Å². The van der Waals surface area contributed by atoms with Crippen molar-refractivity contribution in [2.75, 3.05) is 9.80 Å². The molecule has 620 valence electrons. The third-order valence-corrected chi connectivity index (χ3v) is 28.7. The molecule has 0 amide bonds. The molecule has 0 bridgehead atoms. The normalized spacial score (nSPS) is 12.9. The van der Waals surface area contributed by atoms with Crippen molar-refractivity contribution in [2.45, 2.75) is 44.9 Å². The molecule has 22 aromatic carbocycles. The van der Waals surface area contributed by atoms with Crippen LogP contribution in [-0.2, 0) is 17.3 Å². The Morgan fingerprint density at radius 1 is 0.198 bits per heavy atom. The molecule has 0 saturated heterocycles. The van der Waals surface area contributed by atoms with E-state index in [4.69, 9.17) is 0 Å². The number of aromatic nitrogens is 1. The molecule has 4 heteroatoms. The Kier molecular flexibility index (Phi) is 19.2. The lowest BCUT2D eigenvalue weighted by molar-refractivity contribution is 0.659. The molecule has 26 rings (SSSR count). The number of benzene rings is 22. The van der Waals surface area contributed by atoms with Crippen molar-refractivity contribution in [2.24, 2.45) is 0 Å². The van der Waals surface area contributed by atoms with E-state index in [1.807, 2.05) is 12.1 Å². The first-order chi connectivity index (χ1) is 64.4. The third kappa shape index (κ3) is 13.5. The van der Waals surface area contributed by atoms with Gasteiger partial charge in [-0.3, -0.25) is 0 Å². The molecule has 0 aliphatic heterocycles. The van der Waals surface area contributed by atoms with E-state index >= 15 is 0 Å². The van der Waals surface area contributed by atoms with Gasteiger partial charge in [-0.2, -0.15) is 0 Å². The van der Waals surface area contributed by atoms with E-state index in [2.05, 4.69) is 507 Å². The second-order valence-corrected chi connectivity index (χ2v) is 37.2. The lowest BCUT2D eigenvalue weighted by atomic mass is 9.81. The van der Waals surface area contributed by atoms with E-state index < -0.39 is 0 Å². The summed E-state index contributed by atoms with van der Waals surface area (Å²) in [5.74, 6) is 0. The molecule has 0 fully saturated rings. The van der Waals surface area contributed by atoms with E-state index in [1.165, 1.54) is 198 Å². The van der Waals surface area contributed by atoms with Crippen molar-refractivity contribution in [1.29, 1.82) is 0 Å². The standard InChI is InChI=1S/C63H44N2.C34H24.C30H22BrN/c1-63(2)59-24-14-13-23-53(59)56-38-58-57-37-54-51-21-11-9-19-49(51)50-20-10-12-22-52(50)55(54)39-61(57)65(62(58)40-60(56)63)48-35-33-47(34-36-48)64(45-29-25-43(26-30-45)41-15-5-3-6-16-41)46-31-27-44(28-32-46)42-17-7-4-8-18-42;1-34(2)32-14-8-7-13-26(32)31-19-28-21(17-33(31)34)15-20-16-29-24-11-5-3-9-22(24)23-10-4-6-12-25(23)30(29)18-27(20)28;31-27-15-21-30(22-16-27)32(28-17-11-25(12-18-28)23-7-3-1-4-8-23)29-19-13-26(14-20-29)24-9-5-2-6-10-24/h3-40H,1-2H3;3-14,16-19H,15H2,1-2H3;1-22H. The van der Waals surface area contributed by atoms with Crippen LogP contribution in [0, 0.1) is 0 Å². The molecule has 3 nitrogen and oxygen atoms in total. The minimum atomic E-state index is -0.130. The zero-order valence-electron chi connectivity index (χ0n) is 73.3. The summed E-state index contributed by atoms with van der Waals surface area (Å²) in [6.07, 6.45) is 1.02. The van der Waals surface area contributed by atoms with Gasteiger partial charge in [-0.15, -0.1) is 0 Å². The zero-order valence-corrected chi connectivity index (χ0v) is 74.9. The molecule has 0 radical (unpaired) electrons. The molecule has 0 spiro atoms. The highest BCUT2D eigenvalue weighted by Gasteiger charge is 2.39. The first-order valence-corrected chi connectivity index (χ1v) is 46.4. The molecule has 0 N–H and O–H groups in total. The lowest BCUT2D eigenvalue weighted by Crippen LogP contribution is -2.15. The van der Waals surface area contributed by atoms with Gasteiger partial charge in [0, 0.05) is 65.9 Å². The highest BCUT2D eigenvalue weighted by molar-refractivity contribution is 9.10. The van der Waals surface area contributed by atoms with Crippen molar-refractivity contribution in [3.05, 3.63) is 499 Å². The molecule has 3 aliphatic carbocycles. The van der Waals surface area contributed by atoms with E-state index in [9.17, 15) is 0 Å². The Morgan fingerprint density at radius 2 is 0.466 bits per heavy atom. The molecule has 1 aromatic heterocycles. The van der Waals surface area contributed by atoms with E-state index in [0.717, 1.165) is 50.7 Å². The van der Waals surface area contributed by atoms with Crippen LogP contribution in [0.15, 0.2) is 466 Å². The van der Waals surface area contributed by atoms with Gasteiger partial charge < -0.3 is 14.4 Å². The van der Waals surface area contributed by atoms with Crippen LogP contribution in [0.5, 0.6) is 0 Å². The molecule has 0 unspecified atom stereocenters. The monoisotopic (exact) mass is 1740 g/mol. The molecular formula is C127H90BrN3. The quantitative estimate of drug-likeness (QED) is 0.120. The summed E-state index contributed by atoms with van der Waals surface area (Å²) >= 11 is 3.56. The predicted octanol–water partition coefficient (Wildman–Crippen LogP) is 35.6. The van der Waals surface area contributed by atoms with Crippen LogP contribution in [0.4, 0.5) is 34.1 Å². The van der Waals surface area contributed by atoms with Gasteiger partial charge in [0.25, 0.3) is 0 Å². The Morgan fingerprint density at radius 3 is 0.863 bits per heavy atom. The minimum absolute atomic E-state index is 0.0485. The van der Waals surface area contributed by atoms with Crippen LogP contribution >= 0.6 is 15.9 Å². The maximum Gasteiger partial charge on any atom is 0.0547 e. The van der Waals surface area contributed by atoms with Crippen LogP contribution in [0.1, 0.15) is 61.1 Å². The topological polar surface area (TPSA) is 11.4 Å². The number of nitrogens with zero attached hydrogens (tertiary/aromatic N) is 3. The summed E-state index contributed by atoms with van der Waals surface area (Å²) in [6.45, 7) is 9.51. The van der Waals surface area contributed by atoms with Gasteiger partial charge in [-0.25, -0.2) is 0 Å². The molecule has 3 aliphatic rings. The second-order valence-electron chi connectivity index (χ2n) is 36.3. The van der Waals surface area contributed by atoms with Crippen molar-refractivity contribution >= 4 is 136 Å². The van der Waals surface area contributed by atoms with Gasteiger partial charge in [-0.05, 0) is 322 Å². The van der Waals surface area contributed by atoms with Crippen LogP contribution in [0.2, 0.25) is 0 Å². The predicted molar refractivity (Wildman–Crippen MR) is 561 cm³/mol. The number of anilines is 6. The number of fused-ring (bicyclic) bond motifs is 24. The van der Waals surface area contributed by atoms with Crippen molar-refractivity contribution < 1.29 is 0 Å². The summed E-state index contributed by atoms with van der Waals surface area (Å²) in [4.78, 5) is 4.66. The maximum absolute atomic E-state index is 3.56. The number of rotatable bonds is 11. The summed E-state index contributed by atoms with van der Waals surface area (Å²) < 4.78 is 3.59. The smallest absolute Gasteiger partial charge is 0.0547 e. The molecule has 131 heavy (non-hydrogen) atoms. The molecule has 0 atom stereocenters. The highest BCUT2D eigenvalue weighted by Crippen LogP contribution is 2.56. The van der Waals surface area contributed by atoms with Gasteiger partial charge >= 0.3 is 0 Å². The fourth-order valence-corrected chi connectivity index (χ4v) is 21.9. The Hall–Kier alpha value is -15.7. The second kappa shape index (κ2) is 31.9. The SMILES string of the molecule is Brc1ccc(N(c2ccc(-c3ccccc3)cc2)c2ccc(-c3ccccc3)cc2)cc1.CC1(C)c2ccccc2-c2cc3c(cc21)Cc1cc2c4ccccc4c4ccccc4c2cc1-3.CC1(C)c2ccccc2-c2cc3c4cc5c6ccccc6c6ccccc6c5cc4n(-c4ccc(N(c5ccc(-c6ccccc6)cc5)c5ccc(-c6ccccc6)cc5)cc4)c3cc21. The highest BCUT2D eigenvalue weighted by atomic mass is 79.9. The molecule has 23 aromatic rings. The summed E-state index contributed by atoms with van der Waals surface area (Å²) in [5.41, 5.74) is 36.7. The minimum Gasteiger partial charge on any atom is -0.311 e. The summed E-state index contributed by atoms with van der Waals surface area (Å²) in [6, 6.07) is 169. The Labute approximate surface area is 772 Å². The van der Waals surface area contributed by atoms with E-state index in [-0.39, 0.29) is 10.8 Å². The largest absolute Gasteiger partial charge is 0.311 e. The van der Waals surface area contributed by atoms with E-state index in [1.54, 1.807) is 0 Å². The van der Waals surface area contributed by atoms with Crippen LogP contribution in [0.3, 0.4) is 0 Å². The average molecular weight is 1740 g/mol. The van der Waals surface area contributed by atoms with Gasteiger partial charge in [0.1, 0.15) is 0 Å². The van der Waals surface area contributed by atoms with Gasteiger partial charge in [0.15, 0.2) is 0 Å². The Bertz CT molecular complexity index is 8250. The molecular weight excluding hydrogens is 1650 g/mol. The maximum atomic E-state index is 3.56. The van der Waals surface area contributed by atoms with Gasteiger partial charge in [-0.1, -0.05) is 365 Å². The molecule has 1 heterocycles. The van der Waals surface area contributed by atoms with E-state index in [0.29, 0.717) is 0 Å². The first-order valence-electron chi connectivity index (χ1n) is 45.6. The first kappa shape index (κ1) is 78.7. The summed E-state index contributed by atoms with van der Waals surface area (Å²) in [7, 11) is 0. The van der Waals surface area contributed by atoms with Gasteiger partial charge in [0.05, 0.1) is 11.0 Å². The van der Waals surface area contributed by atoms with Gasteiger partial charge in [0.2, 0.25) is 0 Å². The number of hydrogen-bond donors (Lipinski definition) is 0. The van der Waals surface area contributed by atoms with Crippen molar-refractivity contribution in [1.82, 2.24) is 4.57 Å². The Balaban J connectivity index is 0.000000120. The number of hydrogen-bond acceptors (Lipinski definition) is 2. The third-order valence-electron chi connectivity index (χ3n) is 28.2. The number of halogens is 1. The molecule has 0 saturated carbocycles.